The Hall–Kier alpha value is -1.43. The van der Waals surface area contributed by atoms with Crippen molar-refractivity contribution in [3.8, 4) is 0 Å². The van der Waals surface area contributed by atoms with Gasteiger partial charge in [-0.25, -0.2) is 0 Å². The van der Waals surface area contributed by atoms with Crippen LogP contribution in [0.3, 0.4) is 0 Å². The fraction of sp³-hybridized carbons (Fsp3) is 0.583. The zero-order valence-electron chi connectivity index (χ0n) is 10.9. The summed E-state index contributed by atoms with van der Waals surface area (Å²) in [6.45, 7) is 5.93. The Bertz CT molecular complexity index is 438. The largest absolute Gasteiger partial charge is 0.392 e. The van der Waals surface area contributed by atoms with Crippen molar-refractivity contribution in [1.29, 1.82) is 0 Å². The second-order valence-electron chi connectivity index (χ2n) is 4.27. The molecular weight excluding hydrogens is 250 g/mol. The van der Waals surface area contributed by atoms with E-state index in [1.165, 1.54) is 0 Å². The highest BCUT2D eigenvalue weighted by atomic mass is 32.1. The van der Waals surface area contributed by atoms with E-state index in [-0.39, 0.29) is 10.9 Å². The van der Waals surface area contributed by atoms with Crippen LogP contribution >= 0.6 is 12.2 Å². The van der Waals surface area contributed by atoms with Crippen LogP contribution in [-0.4, -0.2) is 16.1 Å². The number of aryl methyl sites for hydroxylation is 1. The van der Waals surface area contributed by atoms with Crippen LogP contribution in [0.5, 0.6) is 0 Å². The maximum absolute atomic E-state index is 12.2. The molecule has 0 unspecified atom stereocenters. The highest BCUT2D eigenvalue weighted by Gasteiger charge is 2.37. The molecule has 0 aromatic carbocycles. The van der Waals surface area contributed by atoms with E-state index < -0.39 is 5.41 Å². The topological polar surface area (TPSA) is 81.2 Å². The summed E-state index contributed by atoms with van der Waals surface area (Å²) >= 11 is 5.02. The van der Waals surface area contributed by atoms with E-state index in [4.69, 9.17) is 22.5 Å². The smallest absolute Gasteiger partial charge is 0.233 e. The second-order valence-corrected chi connectivity index (χ2v) is 4.71. The van der Waals surface area contributed by atoms with Crippen LogP contribution in [0.4, 0.5) is 0 Å². The first kappa shape index (κ1) is 14.6. The summed E-state index contributed by atoms with van der Waals surface area (Å²) in [4.78, 5) is 12.4. The van der Waals surface area contributed by atoms with Gasteiger partial charge >= 0.3 is 0 Å². The minimum absolute atomic E-state index is 0.158. The molecule has 0 atom stereocenters. The van der Waals surface area contributed by atoms with E-state index in [0.717, 1.165) is 5.69 Å². The Morgan fingerprint density at radius 2 is 2.17 bits per heavy atom. The van der Waals surface area contributed by atoms with Gasteiger partial charge in [-0.2, -0.15) is 0 Å². The zero-order valence-corrected chi connectivity index (χ0v) is 11.8. The molecule has 100 valence electrons. The number of rotatable bonds is 6. The van der Waals surface area contributed by atoms with Crippen LogP contribution in [0.15, 0.2) is 10.6 Å². The van der Waals surface area contributed by atoms with Crippen LogP contribution in [0.1, 0.15) is 38.1 Å². The Morgan fingerprint density at radius 1 is 1.56 bits per heavy atom. The van der Waals surface area contributed by atoms with Crippen molar-refractivity contribution >= 4 is 23.1 Å². The molecular formula is C12H19N3O2S. The minimum atomic E-state index is -0.773. The maximum atomic E-state index is 12.2. The van der Waals surface area contributed by atoms with Crippen molar-refractivity contribution in [2.24, 2.45) is 11.1 Å². The van der Waals surface area contributed by atoms with Crippen molar-refractivity contribution in [2.45, 2.75) is 40.2 Å². The first-order chi connectivity index (χ1) is 8.46. The molecule has 1 amide bonds. The third kappa shape index (κ3) is 2.87. The van der Waals surface area contributed by atoms with Crippen molar-refractivity contribution in [3.05, 3.63) is 17.5 Å². The highest BCUT2D eigenvalue weighted by molar-refractivity contribution is 7.80. The molecule has 5 nitrogen and oxygen atoms in total. The van der Waals surface area contributed by atoms with E-state index in [1.807, 2.05) is 20.8 Å². The van der Waals surface area contributed by atoms with E-state index in [9.17, 15) is 4.79 Å². The molecule has 0 aliphatic carbocycles. The SMILES string of the molecule is CCC(CC)(C(=O)NCc1cc(C)no1)C(N)=S. The van der Waals surface area contributed by atoms with Gasteiger partial charge in [-0.05, 0) is 19.8 Å². The van der Waals surface area contributed by atoms with Crippen molar-refractivity contribution in [1.82, 2.24) is 10.5 Å². The van der Waals surface area contributed by atoms with Gasteiger partial charge in [0.25, 0.3) is 0 Å². The number of nitrogens with two attached hydrogens (primary N) is 1. The molecule has 6 heteroatoms. The van der Waals surface area contributed by atoms with Crippen molar-refractivity contribution < 1.29 is 9.32 Å². The van der Waals surface area contributed by atoms with Crippen LogP contribution < -0.4 is 11.1 Å². The summed E-state index contributed by atoms with van der Waals surface area (Å²) in [6, 6.07) is 1.78. The number of amides is 1. The standard InChI is InChI=1S/C12H19N3O2S/c1-4-12(5-2,10(13)18)11(16)14-7-9-6-8(3)15-17-9/h6H,4-5,7H2,1-3H3,(H2,13,18)(H,14,16). The molecule has 0 bridgehead atoms. The molecule has 18 heavy (non-hydrogen) atoms. The highest BCUT2D eigenvalue weighted by Crippen LogP contribution is 2.27. The molecule has 0 radical (unpaired) electrons. The third-order valence-electron chi connectivity index (χ3n) is 3.21. The van der Waals surface area contributed by atoms with Gasteiger partial charge in [-0.15, -0.1) is 0 Å². The van der Waals surface area contributed by atoms with Gasteiger partial charge in [-0.1, -0.05) is 31.2 Å². The summed E-state index contributed by atoms with van der Waals surface area (Å²) in [7, 11) is 0. The first-order valence-electron chi connectivity index (χ1n) is 5.96. The summed E-state index contributed by atoms with van der Waals surface area (Å²) in [5.74, 6) is 0.457. The number of carbonyl (C=O) groups is 1. The predicted molar refractivity (Wildman–Crippen MR) is 72.9 cm³/mol. The Morgan fingerprint density at radius 3 is 2.56 bits per heavy atom. The summed E-state index contributed by atoms with van der Waals surface area (Å²) in [6.07, 6.45) is 1.17. The number of hydrogen-bond donors (Lipinski definition) is 2. The molecule has 1 heterocycles. The van der Waals surface area contributed by atoms with E-state index in [0.29, 0.717) is 25.1 Å². The predicted octanol–water partition coefficient (Wildman–Crippen LogP) is 1.69. The fourth-order valence-corrected chi connectivity index (χ4v) is 2.25. The van der Waals surface area contributed by atoms with Gasteiger partial charge in [0.05, 0.1) is 22.6 Å². The number of hydrogen-bond acceptors (Lipinski definition) is 4. The summed E-state index contributed by atoms with van der Waals surface area (Å²) in [5, 5.41) is 6.55. The Kier molecular flexibility index (Phi) is 4.84. The summed E-state index contributed by atoms with van der Waals surface area (Å²) in [5.41, 5.74) is 5.71. The van der Waals surface area contributed by atoms with Crippen LogP contribution in [-0.2, 0) is 11.3 Å². The molecule has 3 N–H and O–H groups in total. The van der Waals surface area contributed by atoms with Gasteiger partial charge < -0.3 is 15.6 Å². The quantitative estimate of drug-likeness (QED) is 0.768. The number of carbonyl (C=O) groups excluding carboxylic acids is 1. The van der Waals surface area contributed by atoms with Gasteiger partial charge in [0.2, 0.25) is 5.91 Å². The molecule has 0 saturated carbocycles. The van der Waals surface area contributed by atoms with Crippen molar-refractivity contribution in [3.63, 3.8) is 0 Å². The van der Waals surface area contributed by atoms with Gasteiger partial charge in [-0.3, -0.25) is 4.79 Å². The lowest BCUT2D eigenvalue weighted by atomic mass is 9.81. The average molecular weight is 269 g/mol. The Balaban J connectivity index is 2.71. The number of nitrogens with one attached hydrogen (secondary N) is 1. The molecule has 1 aromatic heterocycles. The number of aromatic nitrogens is 1. The van der Waals surface area contributed by atoms with Gasteiger partial charge in [0, 0.05) is 6.07 Å². The van der Waals surface area contributed by atoms with E-state index >= 15 is 0 Å². The normalized spacial score (nSPS) is 11.3. The lowest BCUT2D eigenvalue weighted by Gasteiger charge is -2.28. The lowest BCUT2D eigenvalue weighted by molar-refractivity contribution is -0.128. The molecule has 0 aliphatic heterocycles. The number of nitrogens with zero attached hydrogens (tertiary/aromatic N) is 1. The molecule has 1 aromatic rings. The lowest BCUT2D eigenvalue weighted by Crippen LogP contribution is -2.48. The average Bonchev–Trinajstić information content (AvgIpc) is 2.74. The molecule has 0 spiro atoms. The number of thiocarbonyl (C=S) groups is 1. The minimum Gasteiger partial charge on any atom is -0.392 e. The molecule has 0 saturated heterocycles. The van der Waals surface area contributed by atoms with E-state index in [1.54, 1.807) is 6.07 Å². The van der Waals surface area contributed by atoms with Gasteiger partial charge in [0.1, 0.15) is 0 Å². The fourth-order valence-electron chi connectivity index (χ4n) is 1.87. The Labute approximate surface area is 112 Å². The van der Waals surface area contributed by atoms with E-state index in [2.05, 4.69) is 10.5 Å². The molecule has 0 aliphatic rings. The van der Waals surface area contributed by atoms with Crippen LogP contribution in [0, 0.1) is 12.3 Å². The summed E-state index contributed by atoms with van der Waals surface area (Å²) < 4.78 is 5.03. The van der Waals surface area contributed by atoms with Crippen molar-refractivity contribution in [2.75, 3.05) is 0 Å². The maximum Gasteiger partial charge on any atom is 0.233 e. The van der Waals surface area contributed by atoms with Crippen LogP contribution in [0.2, 0.25) is 0 Å². The first-order valence-corrected chi connectivity index (χ1v) is 6.37. The monoisotopic (exact) mass is 269 g/mol. The molecule has 1 rings (SSSR count). The zero-order chi connectivity index (χ0) is 13.8. The molecule has 0 fully saturated rings. The second kappa shape index (κ2) is 5.95. The third-order valence-corrected chi connectivity index (χ3v) is 3.60. The van der Waals surface area contributed by atoms with Crippen LogP contribution in [0.25, 0.3) is 0 Å². The van der Waals surface area contributed by atoms with Gasteiger partial charge in [0.15, 0.2) is 5.76 Å².